The molecule has 0 N–H and O–H groups in total. The Balaban J connectivity index is 2.27. The molecule has 1 aromatic carbocycles. The van der Waals surface area contributed by atoms with Gasteiger partial charge in [-0.05, 0) is 6.07 Å². The van der Waals surface area contributed by atoms with Crippen LogP contribution < -0.4 is 4.74 Å². The van der Waals surface area contributed by atoms with Gasteiger partial charge >= 0.3 is 0 Å². The number of hydrogen-bond donors (Lipinski definition) is 0. The van der Waals surface area contributed by atoms with E-state index in [1.54, 1.807) is 31.2 Å². The zero-order valence-corrected chi connectivity index (χ0v) is 12.5. The summed E-state index contributed by atoms with van der Waals surface area (Å²) in [5, 5.41) is 14.9. The van der Waals surface area contributed by atoms with Gasteiger partial charge in [0.05, 0.1) is 23.8 Å². The van der Waals surface area contributed by atoms with E-state index in [1.807, 2.05) is 0 Å². The number of hydrogen-bond acceptors (Lipinski definition) is 5. The minimum Gasteiger partial charge on any atom is -0.496 e. The van der Waals surface area contributed by atoms with Crippen molar-refractivity contribution < 1.29 is 14.5 Å². The number of aryl methyl sites for hydroxylation is 1. The Bertz CT molecular complexity index is 711. The first-order chi connectivity index (χ1) is 10.4. The quantitative estimate of drug-likeness (QED) is 0.618. The van der Waals surface area contributed by atoms with Crippen LogP contribution in [0.15, 0.2) is 30.6 Å². The Hall–Kier alpha value is -2.90. The largest absolute Gasteiger partial charge is 0.496 e. The van der Waals surface area contributed by atoms with Gasteiger partial charge in [0.25, 0.3) is 11.6 Å². The van der Waals surface area contributed by atoms with E-state index in [-0.39, 0.29) is 17.2 Å². The first kappa shape index (κ1) is 15.5. The third kappa shape index (κ3) is 3.22. The zero-order chi connectivity index (χ0) is 16.3. The molecule has 0 aliphatic rings. The van der Waals surface area contributed by atoms with Crippen LogP contribution in [0.5, 0.6) is 5.75 Å². The molecule has 8 nitrogen and oxygen atoms in total. The smallest absolute Gasteiger partial charge is 0.270 e. The van der Waals surface area contributed by atoms with Crippen LogP contribution in [0.25, 0.3) is 0 Å². The highest BCUT2D eigenvalue weighted by Gasteiger charge is 2.20. The van der Waals surface area contributed by atoms with Gasteiger partial charge < -0.3 is 9.64 Å². The van der Waals surface area contributed by atoms with Crippen molar-refractivity contribution in [1.29, 1.82) is 0 Å². The first-order valence-electron chi connectivity index (χ1n) is 6.47. The molecular weight excluding hydrogens is 288 g/mol. The number of carbonyl (C=O) groups is 1. The van der Waals surface area contributed by atoms with E-state index in [4.69, 9.17) is 4.74 Å². The molecule has 0 unspecified atom stereocenters. The van der Waals surface area contributed by atoms with Crippen LogP contribution >= 0.6 is 0 Å². The van der Waals surface area contributed by atoms with Crippen molar-refractivity contribution in [2.75, 3.05) is 14.2 Å². The summed E-state index contributed by atoms with van der Waals surface area (Å²) in [6, 6.07) is 3.95. The number of aromatic nitrogens is 2. The fourth-order valence-corrected chi connectivity index (χ4v) is 2.08. The van der Waals surface area contributed by atoms with Crippen LogP contribution in [0.3, 0.4) is 0 Å². The monoisotopic (exact) mass is 304 g/mol. The lowest BCUT2D eigenvalue weighted by molar-refractivity contribution is -0.384. The number of methoxy groups -OCH3 is 1. The Morgan fingerprint density at radius 3 is 2.77 bits per heavy atom. The molecule has 1 aromatic heterocycles. The van der Waals surface area contributed by atoms with Gasteiger partial charge in [0.1, 0.15) is 5.75 Å². The van der Waals surface area contributed by atoms with Gasteiger partial charge in [0, 0.05) is 44.5 Å². The molecule has 116 valence electrons. The molecule has 8 heteroatoms. The van der Waals surface area contributed by atoms with E-state index in [0.29, 0.717) is 12.3 Å². The van der Waals surface area contributed by atoms with E-state index in [0.717, 1.165) is 5.56 Å². The minimum absolute atomic E-state index is 0.154. The van der Waals surface area contributed by atoms with Gasteiger partial charge in [0.2, 0.25) is 0 Å². The Labute approximate surface area is 127 Å². The average molecular weight is 304 g/mol. The van der Waals surface area contributed by atoms with Crippen LogP contribution in [-0.4, -0.2) is 39.7 Å². The number of carbonyl (C=O) groups excluding carboxylic acids is 1. The van der Waals surface area contributed by atoms with Crippen molar-refractivity contribution in [1.82, 2.24) is 14.7 Å². The molecule has 0 atom stereocenters. The molecule has 1 heterocycles. The topological polar surface area (TPSA) is 90.5 Å². The second-order valence-corrected chi connectivity index (χ2v) is 4.83. The highest BCUT2D eigenvalue weighted by molar-refractivity contribution is 5.97. The predicted octanol–water partition coefficient (Wildman–Crippen LogP) is 1.61. The van der Waals surface area contributed by atoms with Crippen molar-refractivity contribution in [2.45, 2.75) is 6.54 Å². The number of benzene rings is 1. The minimum atomic E-state index is -0.544. The molecule has 0 radical (unpaired) electrons. The fourth-order valence-electron chi connectivity index (χ4n) is 2.08. The van der Waals surface area contributed by atoms with Crippen molar-refractivity contribution in [3.05, 3.63) is 51.8 Å². The van der Waals surface area contributed by atoms with Crippen molar-refractivity contribution in [2.24, 2.45) is 7.05 Å². The predicted molar refractivity (Wildman–Crippen MR) is 78.7 cm³/mol. The van der Waals surface area contributed by atoms with E-state index < -0.39 is 4.92 Å². The molecule has 0 bridgehead atoms. The highest BCUT2D eigenvalue weighted by atomic mass is 16.6. The SMILES string of the molecule is COc1ccc([N+](=O)[O-])cc1C(=O)N(C)Cc1cnn(C)c1. The number of amides is 1. The van der Waals surface area contributed by atoms with Crippen LogP contribution in [-0.2, 0) is 13.6 Å². The summed E-state index contributed by atoms with van der Waals surface area (Å²) in [7, 11) is 4.82. The molecule has 22 heavy (non-hydrogen) atoms. The van der Waals surface area contributed by atoms with Crippen molar-refractivity contribution >= 4 is 11.6 Å². The Morgan fingerprint density at radius 1 is 1.50 bits per heavy atom. The Kier molecular flexibility index (Phi) is 4.40. The van der Waals surface area contributed by atoms with Gasteiger partial charge in [-0.1, -0.05) is 0 Å². The normalized spacial score (nSPS) is 10.3. The maximum atomic E-state index is 12.5. The third-order valence-corrected chi connectivity index (χ3v) is 3.15. The molecule has 0 saturated carbocycles. The Morgan fingerprint density at radius 2 is 2.23 bits per heavy atom. The van der Waals surface area contributed by atoms with E-state index in [1.165, 1.54) is 30.2 Å². The van der Waals surface area contributed by atoms with Crippen LogP contribution in [0, 0.1) is 10.1 Å². The maximum Gasteiger partial charge on any atom is 0.270 e. The second kappa shape index (κ2) is 6.25. The summed E-state index contributed by atoms with van der Waals surface area (Å²) >= 11 is 0. The maximum absolute atomic E-state index is 12.5. The zero-order valence-electron chi connectivity index (χ0n) is 12.5. The summed E-state index contributed by atoms with van der Waals surface area (Å²) in [6.07, 6.45) is 3.46. The van der Waals surface area contributed by atoms with Crippen LogP contribution in [0.4, 0.5) is 5.69 Å². The molecule has 1 amide bonds. The fraction of sp³-hybridized carbons (Fsp3) is 0.286. The van der Waals surface area contributed by atoms with Crippen molar-refractivity contribution in [3.63, 3.8) is 0 Å². The summed E-state index contributed by atoms with van der Waals surface area (Å²) in [6.45, 7) is 0.346. The van der Waals surface area contributed by atoms with E-state index in [9.17, 15) is 14.9 Å². The number of rotatable bonds is 5. The van der Waals surface area contributed by atoms with Gasteiger partial charge in [-0.15, -0.1) is 0 Å². The van der Waals surface area contributed by atoms with E-state index in [2.05, 4.69) is 5.10 Å². The lowest BCUT2D eigenvalue weighted by atomic mass is 10.1. The number of ether oxygens (including phenoxy) is 1. The lowest BCUT2D eigenvalue weighted by Gasteiger charge is -2.17. The lowest BCUT2D eigenvalue weighted by Crippen LogP contribution is -2.26. The number of nitro groups is 1. The second-order valence-electron chi connectivity index (χ2n) is 4.83. The first-order valence-corrected chi connectivity index (χ1v) is 6.47. The number of nitro benzene ring substituents is 1. The summed E-state index contributed by atoms with van der Waals surface area (Å²) in [4.78, 5) is 24.3. The van der Waals surface area contributed by atoms with Crippen LogP contribution in [0.2, 0.25) is 0 Å². The van der Waals surface area contributed by atoms with Gasteiger partial charge in [-0.25, -0.2) is 0 Å². The molecule has 0 aliphatic carbocycles. The summed E-state index contributed by atoms with van der Waals surface area (Å²) in [5.74, 6) is -0.0574. The standard InChI is InChI=1S/C14H16N4O4/c1-16(8-10-7-15-17(2)9-10)14(19)12-6-11(18(20)21)4-5-13(12)22-3/h4-7,9H,8H2,1-3H3. The van der Waals surface area contributed by atoms with Gasteiger partial charge in [-0.3, -0.25) is 19.6 Å². The number of nitrogens with zero attached hydrogens (tertiary/aromatic N) is 4. The molecule has 2 rings (SSSR count). The van der Waals surface area contributed by atoms with Gasteiger partial charge in [0.15, 0.2) is 0 Å². The van der Waals surface area contributed by atoms with Crippen molar-refractivity contribution in [3.8, 4) is 5.75 Å². The molecular formula is C14H16N4O4. The molecule has 0 saturated heterocycles. The number of non-ortho nitro benzene ring substituents is 1. The van der Waals surface area contributed by atoms with Crippen LogP contribution in [0.1, 0.15) is 15.9 Å². The summed E-state index contributed by atoms with van der Waals surface area (Å²) < 4.78 is 6.76. The average Bonchev–Trinajstić information content (AvgIpc) is 2.90. The molecule has 0 aliphatic heterocycles. The molecule has 0 fully saturated rings. The molecule has 2 aromatic rings. The summed E-state index contributed by atoms with van der Waals surface area (Å²) in [5.41, 5.74) is 0.866. The molecule has 0 spiro atoms. The third-order valence-electron chi connectivity index (χ3n) is 3.15. The highest BCUT2D eigenvalue weighted by Crippen LogP contribution is 2.25. The van der Waals surface area contributed by atoms with E-state index >= 15 is 0 Å². The van der Waals surface area contributed by atoms with Gasteiger partial charge in [-0.2, -0.15) is 5.10 Å².